The van der Waals surface area contributed by atoms with Crippen molar-refractivity contribution in [2.45, 2.75) is 37.6 Å². The number of benzene rings is 1. The first-order chi connectivity index (χ1) is 7.38. The molecule has 0 amide bonds. The fraction of sp³-hybridized carbons (Fsp3) is 0.538. The highest BCUT2D eigenvalue weighted by Crippen LogP contribution is 2.42. The lowest BCUT2D eigenvalue weighted by atomic mass is 9.72. The first-order valence-corrected chi connectivity index (χ1v) is 5.92. The van der Waals surface area contributed by atoms with Gasteiger partial charge in [-0.15, -0.1) is 0 Å². The van der Waals surface area contributed by atoms with Crippen LogP contribution in [0.1, 0.15) is 36.3 Å². The summed E-state index contributed by atoms with van der Waals surface area (Å²) < 4.78 is 0. The van der Waals surface area contributed by atoms with Crippen LogP contribution in [0.2, 0.25) is 0 Å². The van der Waals surface area contributed by atoms with Crippen LogP contribution >= 0.6 is 0 Å². The Morgan fingerprint density at radius 2 is 2.13 bits per heavy atom. The van der Waals surface area contributed by atoms with Crippen LogP contribution in [0.15, 0.2) is 24.3 Å². The predicted octanol–water partition coefficient (Wildman–Crippen LogP) is 1.96. The Morgan fingerprint density at radius 1 is 1.33 bits per heavy atom. The van der Waals surface area contributed by atoms with E-state index in [1.54, 1.807) is 0 Å². The second kappa shape index (κ2) is 3.62. The first-order valence-electron chi connectivity index (χ1n) is 5.92. The second-order valence-corrected chi connectivity index (χ2v) is 4.96. The molecule has 1 saturated carbocycles. The molecule has 0 aliphatic heterocycles. The zero-order chi connectivity index (χ0) is 10.3. The van der Waals surface area contributed by atoms with Gasteiger partial charge >= 0.3 is 0 Å². The van der Waals surface area contributed by atoms with Crippen molar-refractivity contribution in [3.05, 3.63) is 35.4 Å². The van der Waals surface area contributed by atoms with Crippen molar-refractivity contribution in [2.24, 2.45) is 11.8 Å². The van der Waals surface area contributed by atoms with E-state index in [2.05, 4.69) is 29.7 Å². The summed E-state index contributed by atoms with van der Waals surface area (Å²) in [5.41, 5.74) is 6.04. The summed E-state index contributed by atoms with van der Waals surface area (Å²) in [4.78, 5) is 0. The van der Waals surface area contributed by atoms with E-state index in [1.165, 1.54) is 36.8 Å². The maximum absolute atomic E-state index is 5.67. The van der Waals surface area contributed by atoms with Gasteiger partial charge in [0, 0.05) is 12.0 Å². The van der Waals surface area contributed by atoms with Gasteiger partial charge in [-0.25, -0.2) is 0 Å². The number of hydrazine groups is 1. The van der Waals surface area contributed by atoms with Crippen molar-refractivity contribution in [3.63, 3.8) is 0 Å². The summed E-state index contributed by atoms with van der Waals surface area (Å²) in [5, 5.41) is 0. The number of hydrogen-bond donors (Lipinski definition) is 2. The number of nitrogens with one attached hydrogen (secondary N) is 1. The monoisotopic (exact) mass is 202 g/mol. The maximum atomic E-state index is 5.67. The van der Waals surface area contributed by atoms with Gasteiger partial charge in [-0.05, 0) is 29.9 Å². The zero-order valence-electron chi connectivity index (χ0n) is 8.95. The molecule has 2 aliphatic rings. The number of hydrogen-bond acceptors (Lipinski definition) is 2. The average molecular weight is 202 g/mol. The van der Waals surface area contributed by atoms with Gasteiger partial charge in [0.05, 0.1) is 0 Å². The Morgan fingerprint density at radius 3 is 2.80 bits per heavy atom. The molecule has 2 aliphatic carbocycles. The van der Waals surface area contributed by atoms with E-state index in [0.717, 1.165) is 5.92 Å². The quantitative estimate of drug-likeness (QED) is 0.578. The third-order valence-corrected chi connectivity index (χ3v) is 3.88. The van der Waals surface area contributed by atoms with Gasteiger partial charge in [-0.1, -0.05) is 37.1 Å². The number of rotatable bonds is 4. The smallest absolute Gasteiger partial charge is 0.0285 e. The standard InChI is InChI=1S/C13H18N2/c14-15-13(7-9-5-6-9)12-8-10-3-1-2-4-11(10)12/h1-4,9,12-13,15H,5-8,14H2. The van der Waals surface area contributed by atoms with E-state index in [4.69, 9.17) is 5.84 Å². The predicted molar refractivity (Wildman–Crippen MR) is 61.3 cm³/mol. The molecule has 0 bridgehead atoms. The number of fused-ring (bicyclic) bond motifs is 1. The molecule has 15 heavy (non-hydrogen) atoms. The molecule has 1 fully saturated rings. The summed E-state index contributed by atoms with van der Waals surface area (Å²) in [6.07, 6.45) is 5.28. The third kappa shape index (κ3) is 1.68. The van der Waals surface area contributed by atoms with E-state index in [1.807, 2.05) is 0 Å². The zero-order valence-corrected chi connectivity index (χ0v) is 8.95. The van der Waals surface area contributed by atoms with Crippen LogP contribution in [0.5, 0.6) is 0 Å². The fourth-order valence-electron chi connectivity index (χ4n) is 2.72. The Hall–Kier alpha value is -0.860. The molecular weight excluding hydrogens is 184 g/mol. The summed E-state index contributed by atoms with van der Waals surface area (Å²) >= 11 is 0. The Balaban J connectivity index is 1.72. The van der Waals surface area contributed by atoms with Gasteiger partial charge in [-0.3, -0.25) is 11.3 Å². The molecule has 2 heteroatoms. The van der Waals surface area contributed by atoms with Gasteiger partial charge in [0.1, 0.15) is 0 Å². The molecule has 0 aromatic heterocycles. The molecular formula is C13H18N2. The molecule has 0 spiro atoms. The minimum atomic E-state index is 0.493. The molecule has 1 aromatic carbocycles. The molecule has 3 rings (SSSR count). The van der Waals surface area contributed by atoms with E-state index in [0.29, 0.717) is 12.0 Å². The molecule has 2 unspecified atom stereocenters. The fourth-order valence-corrected chi connectivity index (χ4v) is 2.72. The van der Waals surface area contributed by atoms with E-state index in [9.17, 15) is 0 Å². The molecule has 3 N–H and O–H groups in total. The summed E-state index contributed by atoms with van der Waals surface area (Å²) in [5.74, 6) is 7.27. The largest absolute Gasteiger partial charge is 0.271 e. The minimum absolute atomic E-state index is 0.493. The lowest BCUT2D eigenvalue weighted by Crippen LogP contribution is -2.44. The maximum Gasteiger partial charge on any atom is 0.0285 e. The topological polar surface area (TPSA) is 38.0 Å². The summed E-state index contributed by atoms with van der Waals surface area (Å²) in [7, 11) is 0. The van der Waals surface area contributed by atoms with Crippen LogP contribution in [0.25, 0.3) is 0 Å². The van der Waals surface area contributed by atoms with Crippen molar-refractivity contribution in [1.82, 2.24) is 5.43 Å². The molecule has 0 radical (unpaired) electrons. The molecule has 2 nitrogen and oxygen atoms in total. The van der Waals surface area contributed by atoms with Crippen molar-refractivity contribution < 1.29 is 0 Å². The summed E-state index contributed by atoms with van der Waals surface area (Å²) in [6, 6.07) is 9.24. The van der Waals surface area contributed by atoms with Gasteiger partial charge in [0.2, 0.25) is 0 Å². The van der Waals surface area contributed by atoms with Crippen molar-refractivity contribution in [1.29, 1.82) is 0 Å². The third-order valence-electron chi connectivity index (χ3n) is 3.88. The minimum Gasteiger partial charge on any atom is -0.271 e. The van der Waals surface area contributed by atoms with Crippen LogP contribution in [0.4, 0.5) is 0 Å². The van der Waals surface area contributed by atoms with Crippen molar-refractivity contribution >= 4 is 0 Å². The SMILES string of the molecule is NNC(CC1CC1)C1Cc2ccccc21. The highest BCUT2D eigenvalue weighted by atomic mass is 15.2. The second-order valence-electron chi connectivity index (χ2n) is 4.96. The van der Waals surface area contributed by atoms with E-state index < -0.39 is 0 Å². The summed E-state index contributed by atoms with van der Waals surface area (Å²) in [6.45, 7) is 0. The van der Waals surface area contributed by atoms with Crippen LogP contribution in [-0.2, 0) is 6.42 Å². The van der Waals surface area contributed by atoms with Crippen LogP contribution in [-0.4, -0.2) is 6.04 Å². The normalized spacial score (nSPS) is 25.5. The Kier molecular flexibility index (Phi) is 2.26. The van der Waals surface area contributed by atoms with Gasteiger partial charge in [0.15, 0.2) is 0 Å². The van der Waals surface area contributed by atoms with Gasteiger partial charge in [0.25, 0.3) is 0 Å². The number of nitrogens with two attached hydrogens (primary N) is 1. The first kappa shape index (κ1) is 9.37. The van der Waals surface area contributed by atoms with Crippen LogP contribution in [0, 0.1) is 5.92 Å². The van der Waals surface area contributed by atoms with Gasteiger partial charge < -0.3 is 0 Å². The Labute approximate surface area is 90.8 Å². The highest BCUT2D eigenvalue weighted by Gasteiger charge is 2.35. The molecule has 80 valence electrons. The molecule has 0 saturated heterocycles. The lowest BCUT2D eigenvalue weighted by molar-refractivity contribution is 0.370. The van der Waals surface area contributed by atoms with Crippen LogP contribution in [0.3, 0.4) is 0 Å². The van der Waals surface area contributed by atoms with E-state index in [-0.39, 0.29) is 0 Å². The highest BCUT2D eigenvalue weighted by molar-refractivity contribution is 5.41. The van der Waals surface area contributed by atoms with Gasteiger partial charge in [-0.2, -0.15) is 0 Å². The molecule has 2 atom stereocenters. The van der Waals surface area contributed by atoms with Crippen molar-refractivity contribution in [2.75, 3.05) is 0 Å². The van der Waals surface area contributed by atoms with E-state index >= 15 is 0 Å². The molecule has 1 aromatic rings. The lowest BCUT2D eigenvalue weighted by Gasteiger charge is -2.36. The van der Waals surface area contributed by atoms with Crippen molar-refractivity contribution in [3.8, 4) is 0 Å². The van der Waals surface area contributed by atoms with Crippen LogP contribution < -0.4 is 11.3 Å². The molecule has 0 heterocycles. The Bertz CT molecular complexity index is 357. The average Bonchev–Trinajstić information content (AvgIpc) is 3.02.